The van der Waals surface area contributed by atoms with Crippen LogP contribution in [0.15, 0.2) is 56.7 Å². The van der Waals surface area contributed by atoms with Gasteiger partial charge in [-0.05, 0) is 40.2 Å². The maximum Gasteiger partial charge on any atom is 0.283 e. The summed E-state index contributed by atoms with van der Waals surface area (Å²) in [5.74, 6) is 0. The maximum atomic E-state index is 10.9. The number of nitro groups is 1. The summed E-state index contributed by atoms with van der Waals surface area (Å²) in [4.78, 5) is 12.0. The molecule has 0 saturated heterocycles. The predicted molar refractivity (Wildman–Crippen MR) is 76.4 cm³/mol. The van der Waals surface area contributed by atoms with Gasteiger partial charge in [-0.1, -0.05) is 35.5 Å². The summed E-state index contributed by atoms with van der Waals surface area (Å²) in [6.45, 7) is 0. The monoisotopic (exact) mass is 343 g/mol. The highest BCUT2D eigenvalue weighted by Crippen LogP contribution is 2.38. The Balaban J connectivity index is 2.37. The van der Waals surface area contributed by atoms with Gasteiger partial charge in [-0.25, -0.2) is 0 Å². The molecule has 92 valence electrons. The number of benzene rings is 2. The Hall–Kier alpha value is -1.04. The second kappa shape index (κ2) is 5.73. The van der Waals surface area contributed by atoms with E-state index in [4.69, 9.17) is 11.6 Å². The van der Waals surface area contributed by atoms with Crippen LogP contribution in [-0.2, 0) is 0 Å². The van der Waals surface area contributed by atoms with Crippen LogP contribution in [0.5, 0.6) is 0 Å². The number of para-hydroxylation sites is 1. The Morgan fingerprint density at radius 1 is 1.17 bits per heavy atom. The lowest BCUT2D eigenvalue weighted by molar-refractivity contribution is -0.387. The molecule has 0 fully saturated rings. The number of rotatable bonds is 3. The molecule has 2 rings (SSSR count). The zero-order valence-corrected chi connectivity index (χ0v) is 12.1. The van der Waals surface area contributed by atoms with Crippen molar-refractivity contribution in [2.24, 2.45) is 0 Å². The molecule has 2 aromatic carbocycles. The standard InChI is InChI=1S/C12H7BrClNO2S/c13-9-7-8(14)5-6-11(9)18-12-4-2-1-3-10(12)15(16)17/h1-7H. The molecule has 0 amide bonds. The van der Waals surface area contributed by atoms with Crippen molar-refractivity contribution in [3.63, 3.8) is 0 Å². The van der Waals surface area contributed by atoms with Gasteiger partial charge in [0.15, 0.2) is 0 Å². The summed E-state index contributed by atoms with van der Waals surface area (Å²) in [5.41, 5.74) is 0.101. The summed E-state index contributed by atoms with van der Waals surface area (Å²) in [6, 6.07) is 12.0. The minimum absolute atomic E-state index is 0.101. The third-order valence-electron chi connectivity index (χ3n) is 2.18. The van der Waals surface area contributed by atoms with Gasteiger partial charge in [0.1, 0.15) is 0 Å². The number of hydrogen-bond donors (Lipinski definition) is 0. The van der Waals surface area contributed by atoms with Gasteiger partial charge in [-0.15, -0.1) is 0 Å². The molecule has 0 N–H and O–H groups in total. The van der Waals surface area contributed by atoms with Gasteiger partial charge in [0, 0.05) is 20.5 Å². The van der Waals surface area contributed by atoms with Crippen molar-refractivity contribution in [1.29, 1.82) is 0 Å². The van der Waals surface area contributed by atoms with E-state index in [0.29, 0.717) is 9.92 Å². The summed E-state index contributed by atoms with van der Waals surface area (Å²) in [6.07, 6.45) is 0. The minimum atomic E-state index is -0.383. The average molecular weight is 345 g/mol. The van der Waals surface area contributed by atoms with Crippen molar-refractivity contribution in [3.05, 3.63) is 62.1 Å². The second-order valence-electron chi connectivity index (χ2n) is 3.40. The van der Waals surface area contributed by atoms with Gasteiger partial charge in [0.2, 0.25) is 0 Å². The molecule has 0 aliphatic rings. The second-order valence-corrected chi connectivity index (χ2v) is 5.78. The van der Waals surface area contributed by atoms with Crippen LogP contribution in [0.3, 0.4) is 0 Å². The molecule has 0 aliphatic carbocycles. The van der Waals surface area contributed by atoms with E-state index >= 15 is 0 Å². The van der Waals surface area contributed by atoms with Gasteiger partial charge in [0.05, 0.1) is 9.82 Å². The molecule has 2 aromatic rings. The van der Waals surface area contributed by atoms with Crippen molar-refractivity contribution in [2.75, 3.05) is 0 Å². The highest BCUT2D eigenvalue weighted by molar-refractivity contribution is 9.10. The Kier molecular flexibility index (Phi) is 4.27. The molecule has 0 radical (unpaired) electrons. The van der Waals surface area contributed by atoms with Crippen molar-refractivity contribution in [3.8, 4) is 0 Å². The molecular formula is C12H7BrClNO2S. The lowest BCUT2D eigenvalue weighted by Gasteiger charge is -2.05. The van der Waals surface area contributed by atoms with Crippen LogP contribution in [0.25, 0.3) is 0 Å². The highest BCUT2D eigenvalue weighted by Gasteiger charge is 2.14. The SMILES string of the molecule is O=[N+]([O-])c1ccccc1Sc1ccc(Cl)cc1Br. The van der Waals surface area contributed by atoms with Crippen molar-refractivity contribution in [2.45, 2.75) is 9.79 Å². The van der Waals surface area contributed by atoms with E-state index in [1.807, 2.05) is 6.07 Å². The van der Waals surface area contributed by atoms with Crippen LogP contribution in [0, 0.1) is 10.1 Å². The first-order valence-corrected chi connectivity index (χ1v) is 6.93. The van der Waals surface area contributed by atoms with Crippen LogP contribution >= 0.6 is 39.3 Å². The first-order chi connectivity index (χ1) is 8.58. The van der Waals surface area contributed by atoms with Gasteiger partial charge in [-0.2, -0.15) is 0 Å². The molecule has 0 spiro atoms. The Morgan fingerprint density at radius 2 is 1.89 bits per heavy atom. The topological polar surface area (TPSA) is 43.1 Å². The van der Waals surface area contributed by atoms with Crippen LogP contribution in [0.4, 0.5) is 5.69 Å². The summed E-state index contributed by atoms with van der Waals surface area (Å²) in [5, 5.41) is 11.5. The summed E-state index contributed by atoms with van der Waals surface area (Å²) >= 11 is 10.6. The molecule has 0 aromatic heterocycles. The molecule has 0 heterocycles. The largest absolute Gasteiger partial charge is 0.283 e. The molecule has 18 heavy (non-hydrogen) atoms. The Labute approximate surface area is 121 Å². The van der Waals surface area contributed by atoms with Crippen molar-refractivity contribution >= 4 is 45.0 Å². The van der Waals surface area contributed by atoms with Crippen LogP contribution in [0.2, 0.25) is 5.02 Å². The molecular weight excluding hydrogens is 338 g/mol. The van der Waals surface area contributed by atoms with E-state index in [1.165, 1.54) is 17.8 Å². The number of hydrogen-bond acceptors (Lipinski definition) is 3. The van der Waals surface area contributed by atoms with Gasteiger partial charge in [-0.3, -0.25) is 10.1 Å². The molecule has 6 heteroatoms. The van der Waals surface area contributed by atoms with Crippen molar-refractivity contribution in [1.82, 2.24) is 0 Å². The van der Waals surface area contributed by atoms with E-state index < -0.39 is 0 Å². The molecule has 3 nitrogen and oxygen atoms in total. The first kappa shape index (κ1) is 13.4. The van der Waals surface area contributed by atoms with Crippen LogP contribution < -0.4 is 0 Å². The zero-order valence-electron chi connectivity index (χ0n) is 8.97. The fraction of sp³-hybridized carbons (Fsp3) is 0. The normalized spacial score (nSPS) is 10.3. The Bertz CT molecular complexity index is 606. The maximum absolute atomic E-state index is 10.9. The van der Waals surface area contributed by atoms with Crippen LogP contribution in [-0.4, -0.2) is 4.92 Å². The molecule has 0 aliphatic heterocycles. The third-order valence-corrected chi connectivity index (χ3v) is 4.47. The predicted octanol–water partition coefficient (Wildman–Crippen LogP) is 5.16. The Morgan fingerprint density at radius 3 is 2.56 bits per heavy atom. The summed E-state index contributed by atoms with van der Waals surface area (Å²) in [7, 11) is 0. The zero-order chi connectivity index (χ0) is 13.1. The van der Waals surface area contributed by atoms with E-state index in [0.717, 1.165) is 9.37 Å². The van der Waals surface area contributed by atoms with Gasteiger partial charge >= 0.3 is 0 Å². The lowest BCUT2D eigenvalue weighted by Crippen LogP contribution is -1.90. The van der Waals surface area contributed by atoms with E-state index in [1.54, 1.807) is 30.3 Å². The quantitative estimate of drug-likeness (QED) is 0.570. The number of nitrogens with zero attached hydrogens (tertiary/aromatic N) is 1. The lowest BCUT2D eigenvalue weighted by atomic mass is 10.3. The number of nitro benzene ring substituents is 1. The van der Waals surface area contributed by atoms with E-state index in [2.05, 4.69) is 15.9 Å². The summed E-state index contributed by atoms with van der Waals surface area (Å²) < 4.78 is 0.818. The third kappa shape index (κ3) is 3.04. The molecule has 0 unspecified atom stereocenters. The smallest absolute Gasteiger partial charge is 0.258 e. The van der Waals surface area contributed by atoms with Gasteiger partial charge in [0.25, 0.3) is 5.69 Å². The molecule has 0 saturated carbocycles. The van der Waals surface area contributed by atoms with E-state index in [9.17, 15) is 10.1 Å². The fourth-order valence-corrected chi connectivity index (χ4v) is 3.22. The minimum Gasteiger partial charge on any atom is -0.258 e. The molecule has 0 atom stereocenters. The molecule has 0 bridgehead atoms. The van der Waals surface area contributed by atoms with Gasteiger partial charge < -0.3 is 0 Å². The number of halogens is 2. The van der Waals surface area contributed by atoms with Crippen LogP contribution in [0.1, 0.15) is 0 Å². The average Bonchev–Trinajstić information content (AvgIpc) is 2.33. The van der Waals surface area contributed by atoms with E-state index in [-0.39, 0.29) is 10.6 Å². The first-order valence-electron chi connectivity index (χ1n) is 4.94. The fourth-order valence-electron chi connectivity index (χ4n) is 1.37. The highest BCUT2D eigenvalue weighted by atomic mass is 79.9. The van der Waals surface area contributed by atoms with Crippen molar-refractivity contribution < 1.29 is 4.92 Å².